The molecule has 8 nitrogen and oxygen atoms in total. The Kier molecular flexibility index (Phi) is 4.38. The molecule has 0 aliphatic carbocycles. The van der Waals surface area contributed by atoms with Crippen molar-refractivity contribution in [2.75, 3.05) is 19.8 Å². The van der Waals surface area contributed by atoms with Crippen LogP contribution in [0.15, 0.2) is 29.3 Å². The Morgan fingerprint density at radius 2 is 2.20 bits per heavy atom. The minimum Gasteiger partial charge on any atom is -0.394 e. The fourth-order valence-electron chi connectivity index (χ4n) is 1.75. The van der Waals surface area contributed by atoms with Crippen molar-refractivity contribution >= 4 is 16.6 Å². The number of hydrogen-bond acceptors (Lipinski definition) is 6. The average Bonchev–Trinajstić information content (AvgIpc) is 2.45. The quantitative estimate of drug-likeness (QED) is 0.463. The first-order chi connectivity index (χ1) is 9.63. The zero-order valence-electron chi connectivity index (χ0n) is 10.6. The third kappa shape index (κ3) is 2.98. The summed E-state index contributed by atoms with van der Waals surface area (Å²) in [7, 11) is 0. The third-order valence-electron chi connectivity index (χ3n) is 2.73. The molecule has 1 aromatic heterocycles. The first kappa shape index (κ1) is 14.1. The van der Waals surface area contributed by atoms with Gasteiger partial charge in [-0.15, -0.1) is 0 Å². The second kappa shape index (κ2) is 6.22. The monoisotopic (exact) mass is 279 g/mol. The number of nitrogens with zero attached hydrogens (tertiary/aromatic N) is 3. The van der Waals surface area contributed by atoms with Gasteiger partial charge in [0.1, 0.15) is 0 Å². The van der Waals surface area contributed by atoms with Crippen LogP contribution in [0.2, 0.25) is 0 Å². The predicted molar refractivity (Wildman–Crippen MR) is 70.6 cm³/mol. The van der Waals surface area contributed by atoms with Crippen LogP contribution in [0.4, 0.5) is 5.69 Å². The number of aliphatic hydroxyl groups is 1. The van der Waals surface area contributed by atoms with Crippen LogP contribution >= 0.6 is 0 Å². The zero-order chi connectivity index (χ0) is 14.5. The molecule has 1 aromatic carbocycles. The van der Waals surface area contributed by atoms with E-state index < -0.39 is 4.92 Å². The molecule has 106 valence electrons. The summed E-state index contributed by atoms with van der Waals surface area (Å²) in [6.07, 6.45) is 1.37. The Balaban J connectivity index is 2.31. The summed E-state index contributed by atoms with van der Waals surface area (Å²) < 4.78 is 6.39. The highest BCUT2D eigenvalue weighted by molar-refractivity contribution is 5.79. The van der Waals surface area contributed by atoms with Gasteiger partial charge in [-0.05, 0) is 6.07 Å². The van der Waals surface area contributed by atoms with E-state index in [9.17, 15) is 14.9 Å². The Bertz CT molecular complexity index is 682. The largest absolute Gasteiger partial charge is 0.394 e. The molecule has 0 radical (unpaired) electrons. The lowest BCUT2D eigenvalue weighted by Gasteiger charge is -2.06. The van der Waals surface area contributed by atoms with Crippen LogP contribution in [0, 0.1) is 10.1 Å². The molecule has 0 aliphatic rings. The molecule has 2 rings (SSSR count). The van der Waals surface area contributed by atoms with Crippen molar-refractivity contribution in [3.63, 3.8) is 0 Å². The van der Waals surface area contributed by atoms with Crippen molar-refractivity contribution in [3.8, 4) is 0 Å². The highest BCUT2D eigenvalue weighted by Gasteiger charge is 2.10. The number of ether oxygens (including phenoxy) is 1. The maximum absolute atomic E-state index is 12.2. The van der Waals surface area contributed by atoms with E-state index in [1.807, 2.05) is 0 Å². The summed E-state index contributed by atoms with van der Waals surface area (Å²) in [5.74, 6) is 0. The predicted octanol–water partition coefficient (Wildman–Crippen LogP) is 0.314. The number of benzene rings is 1. The number of rotatable bonds is 6. The first-order valence-corrected chi connectivity index (χ1v) is 5.95. The molecule has 0 bridgehead atoms. The smallest absolute Gasteiger partial charge is 0.270 e. The average molecular weight is 279 g/mol. The highest BCUT2D eigenvalue weighted by Crippen LogP contribution is 2.16. The summed E-state index contributed by atoms with van der Waals surface area (Å²) in [6.45, 7) is 0.630. The van der Waals surface area contributed by atoms with Gasteiger partial charge in [0.25, 0.3) is 11.2 Å². The molecule has 0 saturated carbocycles. The number of non-ortho nitro benzene ring substituents is 1. The van der Waals surface area contributed by atoms with Crippen LogP contribution in [0.25, 0.3) is 10.9 Å². The van der Waals surface area contributed by atoms with Crippen LogP contribution in [-0.2, 0) is 11.3 Å². The number of nitro benzene ring substituents is 1. The molecule has 0 saturated heterocycles. The SMILES string of the molecule is O=c1c2cc([N+](=O)[O-])ccc2ncn1CCOCCO. The van der Waals surface area contributed by atoms with E-state index in [-0.39, 0.29) is 43.0 Å². The molecule has 0 aliphatic heterocycles. The fraction of sp³-hybridized carbons (Fsp3) is 0.333. The topological polar surface area (TPSA) is 107 Å². The molecular formula is C12H13N3O5. The molecule has 0 fully saturated rings. The van der Waals surface area contributed by atoms with Gasteiger partial charge in [0.15, 0.2) is 0 Å². The second-order valence-electron chi connectivity index (χ2n) is 4.04. The van der Waals surface area contributed by atoms with Crippen LogP contribution < -0.4 is 5.56 Å². The van der Waals surface area contributed by atoms with Crippen LogP contribution in [-0.4, -0.2) is 39.4 Å². The molecule has 2 aromatic rings. The number of aliphatic hydroxyl groups excluding tert-OH is 1. The normalized spacial score (nSPS) is 10.8. The van der Waals surface area contributed by atoms with Gasteiger partial charge in [-0.3, -0.25) is 19.5 Å². The first-order valence-electron chi connectivity index (χ1n) is 5.95. The van der Waals surface area contributed by atoms with Gasteiger partial charge >= 0.3 is 0 Å². The van der Waals surface area contributed by atoms with Crippen molar-refractivity contribution in [1.29, 1.82) is 0 Å². The maximum Gasteiger partial charge on any atom is 0.270 e. The molecular weight excluding hydrogens is 266 g/mol. The molecule has 20 heavy (non-hydrogen) atoms. The standard InChI is InChI=1S/C12H13N3O5/c16-4-6-20-5-3-14-8-13-11-2-1-9(15(18)19)7-10(11)12(14)17/h1-2,7-8,16H,3-6H2. The lowest BCUT2D eigenvalue weighted by atomic mass is 10.2. The van der Waals surface area contributed by atoms with Crippen molar-refractivity contribution in [2.45, 2.75) is 6.54 Å². The van der Waals surface area contributed by atoms with E-state index in [0.29, 0.717) is 5.52 Å². The molecule has 0 unspecified atom stereocenters. The van der Waals surface area contributed by atoms with E-state index in [0.717, 1.165) is 0 Å². The lowest BCUT2D eigenvalue weighted by Crippen LogP contribution is -2.23. The van der Waals surface area contributed by atoms with Crippen molar-refractivity contribution in [3.05, 3.63) is 45.0 Å². The Morgan fingerprint density at radius 3 is 2.90 bits per heavy atom. The van der Waals surface area contributed by atoms with Gasteiger partial charge in [-0.25, -0.2) is 4.98 Å². The summed E-state index contributed by atoms with van der Waals surface area (Å²) in [6, 6.07) is 3.97. The molecule has 8 heteroatoms. The highest BCUT2D eigenvalue weighted by atomic mass is 16.6. The van der Waals surface area contributed by atoms with Gasteiger partial charge in [0, 0.05) is 12.1 Å². The van der Waals surface area contributed by atoms with E-state index >= 15 is 0 Å². The van der Waals surface area contributed by atoms with E-state index in [4.69, 9.17) is 9.84 Å². The summed E-state index contributed by atoms with van der Waals surface area (Å²) in [4.78, 5) is 26.4. The van der Waals surface area contributed by atoms with Crippen molar-refractivity contribution in [1.82, 2.24) is 9.55 Å². The van der Waals surface area contributed by atoms with E-state index in [1.54, 1.807) is 0 Å². The zero-order valence-corrected chi connectivity index (χ0v) is 10.6. The summed E-state index contributed by atoms with van der Waals surface area (Å²) in [5.41, 5.74) is -0.0925. The van der Waals surface area contributed by atoms with Crippen LogP contribution in [0.3, 0.4) is 0 Å². The summed E-state index contributed by atoms with van der Waals surface area (Å²) >= 11 is 0. The van der Waals surface area contributed by atoms with Crippen molar-refractivity contribution < 1.29 is 14.8 Å². The number of hydrogen-bond donors (Lipinski definition) is 1. The number of fused-ring (bicyclic) bond motifs is 1. The third-order valence-corrected chi connectivity index (χ3v) is 2.73. The molecule has 0 atom stereocenters. The fourth-order valence-corrected chi connectivity index (χ4v) is 1.75. The van der Waals surface area contributed by atoms with E-state index in [1.165, 1.54) is 29.1 Å². The van der Waals surface area contributed by atoms with Gasteiger partial charge in [-0.1, -0.05) is 0 Å². The van der Waals surface area contributed by atoms with Crippen LogP contribution in [0.5, 0.6) is 0 Å². The lowest BCUT2D eigenvalue weighted by molar-refractivity contribution is -0.384. The van der Waals surface area contributed by atoms with E-state index in [2.05, 4.69) is 4.98 Å². The Labute approximate surface area is 113 Å². The minimum absolute atomic E-state index is 0.0862. The molecule has 0 amide bonds. The Morgan fingerprint density at radius 1 is 1.40 bits per heavy atom. The molecule has 0 spiro atoms. The van der Waals surface area contributed by atoms with Gasteiger partial charge in [-0.2, -0.15) is 0 Å². The minimum atomic E-state index is -0.555. The molecule has 1 N–H and O–H groups in total. The van der Waals surface area contributed by atoms with Gasteiger partial charge < -0.3 is 9.84 Å². The number of nitro groups is 1. The summed E-state index contributed by atoms with van der Waals surface area (Å²) in [5, 5.41) is 19.5. The van der Waals surface area contributed by atoms with Gasteiger partial charge in [0.2, 0.25) is 0 Å². The second-order valence-corrected chi connectivity index (χ2v) is 4.04. The maximum atomic E-state index is 12.2. The number of aromatic nitrogens is 2. The Hall–Kier alpha value is -2.32. The van der Waals surface area contributed by atoms with Crippen LogP contribution in [0.1, 0.15) is 0 Å². The van der Waals surface area contributed by atoms with Gasteiger partial charge in [0.05, 0.1) is 48.5 Å². The molecule has 1 heterocycles. The van der Waals surface area contributed by atoms with Crippen molar-refractivity contribution in [2.24, 2.45) is 0 Å².